The summed E-state index contributed by atoms with van der Waals surface area (Å²) in [7, 11) is 0. The van der Waals surface area contributed by atoms with E-state index in [-0.39, 0.29) is 11.7 Å². The zero-order valence-electron chi connectivity index (χ0n) is 12.6. The van der Waals surface area contributed by atoms with Gasteiger partial charge in [0.05, 0.1) is 11.6 Å². The summed E-state index contributed by atoms with van der Waals surface area (Å²) in [4.78, 5) is 11.9. The summed E-state index contributed by atoms with van der Waals surface area (Å²) in [6.07, 6.45) is 0.882. The van der Waals surface area contributed by atoms with E-state index in [9.17, 15) is 9.90 Å². The number of carbonyl (C=O) groups is 1. The maximum absolute atomic E-state index is 11.9. The van der Waals surface area contributed by atoms with E-state index in [4.69, 9.17) is 27.9 Å². The molecule has 4 nitrogen and oxygen atoms in total. The Hall–Kier alpha value is -1.91. The fourth-order valence-corrected chi connectivity index (χ4v) is 2.47. The van der Waals surface area contributed by atoms with E-state index in [0.29, 0.717) is 40.9 Å². The zero-order chi connectivity index (χ0) is 16.8. The minimum atomic E-state index is -0.107. The van der Waals surface area contributed by atoms with Crippen molar-refractivity contribution in [1.82, 2.24) is 0 Å². The molecule has 2 aromatic carbocycles. The van der Waals surface area contributed by atoms with E-state index >= 15 is 0 Å². The van der Waals surface area contributed by atoms with E-state index in [2.05, 4.69) is 5.32 Å². The molecule has 0 aromatic heterocycles. The van der Waals surface area contributed by atoms with Gasteiger partial charge < -0.3 is 15.2 Å². The molecular formula is C17H17Cl2NO3. The molecule has 2 rings (SSSR count). The number of nitrogens with one attached hydrogen (secondary N) is 1. The van der Waals surface area contributed by atoms with Crippen molar-refractivity contribution in [3.8, 4) is 11.5 Å². The van der Waals surface area contributed by atoms with Gasteiger partial charge in [-0.3, -0.25) is 4.79 Å². The number of aromatic hydroxyl groups is 1. The molecule has 6 heteroatoms. The summed E-state index contributed by atoms with van der Waals surface area (Å²) in [5.41, 5.74) is 1.50. The number of carbonyl (C=O) groups excluding carboxylic acids is 1. The first-order chi connectivity index (χ1) is 11.0. The highest BCUT2D eigenvalue weighted by Gasteiger charge is 2.06. The van der Waals surface area contributed by atoms with Gasteiger partial charge >= 0.3 is 0 Å². The molecule has 0 bridgehead atoms. The summed E-state index contributed by atoms with van der Waals surface area (Å²) in [5, 5.41) is 13.1. The monoisotopic (exact) mass is 353 g/mol. The molecule has 0 aliphatic carbocycles. The predicted molar refractivity (Wildman–Crippen MR) is 92.7 cm³/mol. The summed E-state index contributed by atoms with van der Waals surface area (Å²) in [6.45, 7) is 2.20. The second-order valence-electron chi connectivity index (χ2n) is 5.07. The van der Waals surface area contributed by atoms with Crippen molar-refractivity contribution in [1.29, 1.82) is 0 Å². The van der Waals surface area contributed by atoms with Gasteiger partial charge in [0.1, 0.15) is 11.5 Å². The lowest BCUT2D eigenvalue weighted by molar-refractivity contribution is -0.116. The topological polar surface area (TPSA) is 58.6 Å². The van der Waals surface area contributed by atoms with E-state index in [1.165, 1.54) is 6.07 Å². The van der Waals surface area contributed by atoms with Gasteiger partial charge in [-0.25, -0.2) is 0 Å². The lowest BCUT2D eigenvalue weighted by Crippen LogP contribution is -2.13. The molecule has 0 aliphatic heterocycles. The third-order valence-corrected chi connectivity index (χ3v) is 3.71. The number of hydrogen-bond acceptors (Lipinski definition) is 3. The molecule has 0 fully saturated rings. The summed E-state index contributed by atoms with van der Waals surface area (Å²) < 4.78 is 5.53. The number of anilines is 1. The molecule has 2 aromatic rings. The number of amides is 1. The Morgan fingerprint density at radius 3 is 2.70 bits per heavy atom. The standard InChI is InChI=1S/C17H17Cl2NO3/c1-11-9-13(21)5-6-15(11)20-17(22)3-2-8-23-16-7-4-12(18)10-14(16)19/h4-7,9-10,21H,2-3,8H2,1H3,(H,20,22). The normalized spacial score (nSPS) is 10.4. The maximum atomic E-state index is 11.9. The van der Waals surface area contributed by atoms with Crippen molar-refractivity contribution >= 4 is 34.8 Å². The van der Waals surface area contributed by atoms with Crippen molar-refractivity contribution < 1.29 is 14.6 Å². The van der Waals surface area contributed by atoms with Crippen LogP contribution in [0.3, 0.4) is 0 Å². The van der Waals surface area contributed by atoms with Gasteiger partial charge in [-0.2, -0.15) is 0 Å². The van der Waals surface area contributed by atoms with Crippen LogP contribution in [0, 0.1) is 6.92 Å². The highest BCUT2D eigenvalue weighted by atomic mass is 35.5. The molecule has 122 valence electrons. The largest absolute Gasteiger partial charge is 0.508 e. The highest BCUT2D eigenvalue weighted by molar-refractivity contribution is 6.35. The Labute approximate surface area is 145 Å². The Balaban J connectivity index is 1.76. The molecule has 0 atom stereocenters. The van der Waals surface area contributed by atoms with Crippen LogP contribution in [0.2, 0.25) is 10.0 Å². The molecule has 1 amide bonds. The number of aryl methyl sites for hydroxylation is 1. The number of phenolic OH excluding ortho intramolecular Hbond substituents is 1. The van der Waals surface area contributed by atoms with Crippen molar-refractivity contribution in [2.45, 2.75) is 19.8 Å². The first-order valence-corrected chi connectivity index (χ1v) is 7.88. The number of rotatable bonds is 6. The molecule has 0 heterocycles. The molecule has 0 aliphatic rings. The molecule has 0 saturated carbocycles. The number of benzene rings is 2. The number of phenols is 1. The van der Waals surface area contributed by atoms with Crippen LogP contribution < -0.4 is 10.1 Å². The lowest BCUT2D eigenvalue weighted by atomic mass is 10.2. The number of ether oxygens (including phenoxy) is 1. The summed E-state index contributed by atoms with van der Waals surface area (Å²) in [5.74, 6) is 0.615. The predicted octanol–water partition coefficient (Wildman–Crippen LogP) is 4.81. The van der Waals surface area contributed by atoms with Gasteiger partial charge in [-0.15, -0.1) is 0 Å². The SMILES string of the molecule is Cc1cc(O)ccc1NC(=O)CCCOc1ccc(Cl)cc1Cl. The smallest absolute Gasteiger partial charge is 0.224 e. The van der Waals surface area contributed by atoms with Crippen molar-refractivity contribution in [3.63, 3.8) is 0 Å². The fraction of sp³-hybridized carbons (Fsp3) is 0.235. The Morgan fingerprint density at radius 2 is 2.00 bits per heavy atom. The average Bonchev–Trinajstić information content (AvgIpc) is 2.48. The van der Waals surface area contributed by atoms with Crippen LogP contribution in [-0.2, 0) is 4.79 Å². The highest BCUT2D eigenvalue weighted by Crippen LogP contribution is 2.27. The van der Waals surface area contributed by atoms with E-state index in [1.54, 1.807) is 30.3 Å². The van der Waals surface area contributed by atoms with Crippen LogP contribution in [0.25, 0.3) is 0 Å². The van der Waals surface area contributed by atoms with Crippen molar-refractivity contribution in [3.05, 3.63) is 52.0 Å². The quantitative estimate of drug-likeness (QED) is 0.578. The van der Waals surface area contributed by atoms with Crippen molar-refractivity contribution in [2.24, 2.45) is 0 Å². The number of hydrogen-bond donors (Lipinski definition) is 2. The van der Waals surface area contributed by atoms with Crippen LogP contribution in [0.15, 0.2) is 36.4 Å². The third-order valence-electron chi connectivity index (χ3n) is 3.18. The van der Waals surface area contributed by atoms with E-state index < -0.39 is 0 Å². The van der Waals surface area contributed by atoms with Crippen LogP contribution in [0.5, 0.6) is 11.5 Å². The van der Waals surface area contributed by atoms with Gasteiger partial charge in [0.25, 0.3) is 0 Å². The van der Waals surface area contributed by atoms with Crippen LogP contribution in [0.1, 0.15) is 18.4 Å². The molecule has 0 saturated heterocycles. The Bertz CT molecular complexity index is 704. The molecule has 0 spiro atoms. The van der Waals surface area contributed by atoms with Gasteiger partial charge in [-0.05, 0) is 55.3 Å². The molecule has 0 radical (unpaired) electrons. The lowest BCUT2D eigenvalue weighted by Gasteiger charge is -2.10. The first kappa shape index (κ1) is 17.4. The van der Waals surface area contributed by atoms with Gasteiger partial charge in [-0.1, -0.05) is 23.2 Å². The molecule has 2 N–H and O–H groups in total. The molecule has 23 heavy (non-hydrogen) atoms. The Morgan fingerprint density at radius 1 is 1.22 bits per heavy atom. The minimum Gasteiger partial charge on any atom is -0.508 e. The second-order valence-corrected chi connectivity index (χ2v) is 5.92. The summed E-state index contributed by atoms with van der Waals surface area (Å²) in [6, 6.07) is 9.81. The number of halogens is 2. The van der Waals surface area contributed by atoms with Gasteiger partial charge in [0.2, 0.25) is 5.91 Å². The zero-order valence-corrected chi connectivity index (χ0v) is 14.1. The van der Waals surface area contributed by atoms with Crippen LogP contribution >= 0.6 is 23.2 Å². The van der Waals surface area contributed by atoms with E-state index in [0.717, 1.165) is 5.56 Å². The van der Waals surface area contributed by atoms with Crippen molar-refractivity contribution in [2.75, 3.05) is 11.9 Å². The fourth-order valence-electron chi connectivity index (χ4n) is 2.01. The Kier molecular flexibility index (Phi) is 6.13. The molecule has 0 unspecified atom stereocenters. The first-order valence-electron chi connectivity index (χ1n) is 7.13. The maximum Gasteiger partial charge on any atom is 0.224 e. The third kappa shape index (κ3) is 5.34. The minimum absolute atomic E-state index is 0.107. The van der Waals surface area contributed by atoms with Crippen LogP contribution in [-0.4, -0.2) is 17.6 Å². The second kappa shape index (κ2) is 8.09. The summed E-state index contributed by atoms with van der Waals surface area (Å²) >= 11 is 11.8. The van der Waals surface area contributed by atoms with Gasteiger partial charge in [0.15, 0.2) is 0 Å². The van der Waals surface area contributed by atoms with E-state index in [1.807, 2.05) is 6.92 Å². The van der Waals surface area contributed by atoms with Crippen LogP contribution in [0.4, 0.5) is 5.69 Å². The molecular weight excluding hydrogens is 337 g/mol. The van der Waals surface area contributed by atoms with Gasteiger partial charge in [0, 0.05) is 17.1 Å². The average molecular weight is 354 g/mol.